The normalized spacial score (nSPS) is 14.4. The minimum Gasteiger partial charge on any atom is -0.493 e. The number of nitrogens with one attached hydrogen (secondary N) is 2. The van der Waals surface area contributed by atoms with Gasteiger partial charge in [-0.15, -0.1) is 0 Å². The molecule has 0 bridgehead atoms. The van der Waals surface area contributed by atoms with Gasteiger partial charge < -0.3 is 29.7 Å². The van der Waals surface area contributed by atoms with Crippen molar-refractivity contribution in [2.75, 3.05) is 57.3 Å². The Bertz CT molecular complexity index is 822. The number of pyridine rings is 1. The molecule has 0 saturated carbocycles. The summed E-state index contributed by atoms with van der Waals surface area (Å²) in [6.45, 7) is 6.29. The summed E-state index contributed by atoms with van der Waals surface area (Å²) in [4.78, 5) is 11.2. The van der Waals surface area contributed by atoms with Crippen molar-refractivity contribution in [3.05, 3.63) is 42.1 Å². The molecule has 1 aliphatic rings. The molecule has 3 rings (SSSR count). The van der Waals surface area contributed by atoms with Gasteiger partial charge in [-0.25, -0.2) is 4.98 Å². The molecular weight excluding hydrogens is 370 g/mol. The lowest BCUT2D eigenvalue weighted by molar-refractivity contribution is 0.122. The van der Waals surface area contributed by atoms with E-state index in [2.05, 4.69) is 31.6 Å². The minimum atomic E-state index is 0.586. The maximum atomic E-state index is 5.57. The molecule has 0 unspecified atom stereocenters. The van der Waals surface area contributed by atoms with Crippen molar-refractivity contribution in [3.8, 4) is 11.5 Å². The van der Waals surface area contributed by atoms with Crippen LogP contribution in [0, 0.1) is 0 Å². The van der Waals surface area contributed by atoms with Crippen LogP contribution in [-0.2, 0) is 11.3 Å². The topological polar surface area (TPSA) is 80.2 Å². The molecule has 1 fully saturated rings. The zero-order valence-electron chi connectivity index (χ0n) is 17.3. The standard InChI is InChI=1S/C21H29N5O3/c1-4-29-18-8-7-17(14-19(18)27-3)25-21(22-2)24-15-16-6-5-9-23-20(16)26-10-12-28-13-11-26/h5-9,14H,4,10-13,15H2,1-3H3,(H2,22,24,25). The van der Waals surface area contributed by atoms with E-state index in [4.69, 9.17) is 14.2 Å². The zero-order chi connectivity index (χ0) is 20.5. The highest BCUT2D eigenvalue weighted by molar-refractivity contribution is 5.93. The number of aliphatic imine (C=N–C) groups is 1. The quantitative estimate of drug-likeness (QED) is 0.547. The summed E-state index contributed by atoms with van der Waals surface area (Å²) < 4.78 is 16.4. The van der Waals surface area contributed by atoms with Crippen LogP contribution < -0.4 is 25.0 Å². The van der Waals surface area contributed by atoms with Gasteiger partial charge in [0.15, 0.2) is 17.5 Å². The van der Waals surface area contributed by atoms with Gasteiger partial charge in [-0.05, 0) is 25.1 Å². The Balaban J connectivity index is 1.66. The van der Waals surface area contributed by atoms with Gasteiger partial charge in [0.05, 0.1) is 26.9 Å². The van der Waals surface area contributed by atoms with Crippen molar-refractivity contribution in [1.82, 2.24) is 10.3 Å². The van der Waals surface area contributed by atoms with E-state index in [0.29, 0.717) is 30.6 Å². The molecule has 0 atom stereocenters. The fourth-order valence-electron chi connectivity index (χ4n) is 3.14. The molecule has 1 aromatic heterocycles. The largest absolute Gasteiger partial charge is 0.493 e. The van der Waals surface area contributed by atoms with Gasteiger partial charge in [0.1, 0.15) is 5.82 Å². The first-order valence-electron chi connectivity index (χ1n) is 9.80. The van der Waals surface area contributed by atoms with Crippen LogP contribution in [0.15, 0.2) is 41.5 Å². The van der Waals surface area contributed by atoms with E-state index in [1.165, 1.54) is 0 Å². The number of anilines is 2. The fourth-order valence-corrected chi connectivity index (χ4v) is 3.14. The molecule has 0 amide bonds. The number of hydrogen-bond acceptors (Lipinski definition) is 6. The van der Waals surface area contributed by atoms with Crippen molar-refractivity contribution < 1.29 is 14.2 Å². The van der Waals surface area contributed by atoms with Crippen LogP contribution in [-0.4, -0.2) is 58.0 Å². The number of rotatable bonds is 7. The molecule has 2 N–H and O–H groups in total. The average molecular weight is 399 g/mol. The second-order valence-electron chi connectivity index (χ2n) is 6.43. The molecule has 0 aliphatic carbocycles. The first-order chi connectivity index (χ1) is 14.2. The number of benzene rings is 1. The first kappa shape index (κ1) is 20.7. The number of guanidine groups is 1. The summed E-state index contributed by atoms with van der Waals surface area (Å²) in [5, 5.41) is 6.65. The third-order valence-corrected chi connectivity index (χ3v) is 4.57. The highest BCUT2D eigenvalue weighted by atomic mass is 16.5. The summed E-state index contributed by atoms with van der Waals surface area (Å²) in [7, 11) is 3.37. The van der Waals surface area contributed by atoms with Gasteiger partial charge >= 0.3 is 0 Å². The third kappa shape index (κ3) is 5.51. The van der Waals surface area contributed by atoms with Crippen LogP contribution in [0.2, 0.25) is 0 Å². The second kappa shape index (κ2) is 10.5. The van der Waals surface area contributed by atoms with Gasteiger partial charge in [-0.1, -0.05) is 6.07 Å². The predicted octanol–water partition coefficient (Wildman–Crippen LogP) is 2.51. The van der Waals surface area contributed by atoms with E-state index in [-0.39, 0.29) is 0 Å². The van der Waals surface area contributed by atoms with Crippen molar-refractivity contribution in [1.29, 1.82) is 0 Å². The number of aromatic nitrogens is 1. The van der Waals surface area contributed by atoms with Crippen LogP contribution in [0.3, 0.4) is 0 Å². The smallest absolute Gasteiger partial charge is 0.195 e. The van der Waals surface area contributed by atoms with E-state index in [0.717, 1.165) is 43.4 Å². The first-order valence-corrected chi connectivity index (χ1v) is 9.80. The Kier molecular flexibility index (Phi) is 7.52. The van der Waals surface area contributed by atoms with E-state index in [9.17, 15) is 0 Å². The monoisotopic (exact) mass is 399 g/mol. The number of morpholine rings is 1. The maximum Gasteiger partial charge on any atom is 0.195 e. The summed E-state index contributed by atoms with van der Waals surface area (Å²) in [5.41, 5.74) is 1.97. The zero-order valence-corrected chi connectivity index (χ0v) is 17.3. The Morgan fingerprint density at radius 1 is 1.24 bits per heavy atom. The molecule has 29 heavy (non-hydrogen) atoms. The van der Waals surface area contributed by atoms with Gasteiger partial charge in [0.2, 0.25) is 0 Å². The molecule has 1 saturated heterocycles. The molecule has 1 aliphatic heterocycles. The summed E-state index contributed by atoms with van der Waals surface area (Å²) >= 11 is 0. The van der Waals surface area contributed by atoms with Gasteiger partial charge in [0.25, 0.3) is 0 Å². The van der Waals surface area contributed by atoms with E-state index in [1.54, 1.807) is 14.2 Å². The molecule has 2 heterocycles. The molecule has 2 aromatic rings. The molecule has 0 spiro atoms. The Morgan fingerprint density at radius 2 is 2.07 bits per heavy atom. The van der Waals surface area contributed by atoms with Crippen LogP contribution in [0.4, 0.5) is 11.5 Å². The van der Waals surface area contributed by atoms with Crippen molar-refractivity contribution in [2.24, 2.45) is 4.99 Å². The van der Waals surface area contributed by atoms with Gasteiger partial charge in [-0.2, -0.15) is 0 Å². The van der Waals surface area contributed by atoms with E-state index in [1.807, 2.05) is 37.4 Å². The molecular formula is C21H29N5O3. The van der Waals surface area contributed by atoms with E-state index < -0.39 is 0 Å². The van der Waals surface area contributed by atoms with Crippen LogP contribution in [0.25, 0.3) is 0 Å². The van der Waals surface area contributed by atoms with E-state index >= 15 is 0 Å². The van der Waals surface area contributed by atoms with Crippen LogP contribution >= 0.6 is 0 Å². The lowest BCUT2D eigenvalue weighted by Crippen LogP contribution is -2.38. The summed E-state index contributed by atoms with van der Waals surface area (Å²) in [6, 6.07) is 9.74. The maximum absolute atomic E-state index is 5.57. The number of ether oxygens (including phenoxy) is 3. The van der Waals surface area contributed by atoms with Gasteiger partial charge in [0, 0.05) is 50.2 Å². The lowest BCUT2D eigenvalue weighted by Gasteiger charge is -2.29. The SMILES string of the molecule is CCOc1ccc(NC(=NC)NCc2cccnc2N2CCOCC2)cc1OC. The number of nitrogens with zero attached hydrogens (tertiary/aromatic N) is 3. The highest BCUT2D eigenvalue weighted by Gasteiger charge is 2.16. The lowest BCUT2D eigenvalue weighted by atomic mass is 10.2. The van der Waals surface area contributed by atoms with Crippen molar-refractivity contribution in [3.63, 3.8) is 0 Å². The number of methoxy groups -OCH3 is 1. The van der Waals surface area contributed by atoms with Gasteiger partial charge in [-0.3, -0.25) is 4.99 Å². The molecule has 8 heteroatoms. The van der Waals surface area contributed by atoms with Crippen LogP contribution in [0.5, 0.6) is 11.5 Å². The van der Waals surface area contributed by atoms with Crippen molar-refractivity contribution >= 4 is 17.5 Å². The van der Waals surface area contributed by atoms with Crippen LogP contribution in [0.1, 0.15) is 12.5 Å². The number of hydrogen-bond donors (Lipinski definition) is 2. The average Bonchev–Trinajstić information content (AvgIpc) is 2.78. The predicted molar refractivity (Wildman–Crippen MR) is 115 cm³/mol. The molecule has 156 valence electrons. The minimum absolute atomic E-state index is 0.586. The Morgan fingerprint density at radius 3 is 2.79 bits per heavy atom. The highest BCUT2D eigenvalue weighted by Crippen LogP contribution is 2.30. The molecule has 8 nitrogen and oxygen atoms in total. The summed E-state index contributed by atoms with van der Waals surface area (Å²) in [5.74, 6) is 3.04. The third-order valence-electron chi connectivity index (χ3n) is 4.57. The fraction of sp³-hybridized carbons (Fsp3) is 0.429. The molecule has 1 aromatic carbocycles. The van der Waals surface area contributed by atoms with Crippen molar-refractivity contribution in [2.45, 2.75) is 13.5 Å². The molecule has 0 radical (unpaired) electrons. The Labute approximate surface area is 171 Å². The second-order valence-corrected chi connectivity index (χ2v) is 6.43. The summed E-state index contributed by atoms with van der Waals surface area (Å²) in [6.07, 6.45) is 1.83. The Hall–Kier alpha value is -3.00.